The van der Waals surface area contributed by atoms with Crippen LogP contribution in [0.25, 0.3) is 27.8 Å². The number of rotatable bonds is 9. The van der Waals surface area contributed by atoms with Crippen molar-refractivity contribution in [3.05, 3.63) is 72.2 Å². The Balaban J connectivity index is 1.31. The minimum atomic E-state index is 0.646. The van der Waals surface area contributed by atoms with Crippen molar-refractivity contribution in [2.24, 2.45) is 0 Å². The maximum atomic E-state index is 5.40. The molecule has 0 bridgehead atoms. The Morgan fingerprint density at radius 1 is 1.06 bits per heavy atom. The zero-order valence-electron chi connectivity index (χ0n) is 17.8. The van der Waals surface area contributed by atoms with Crippen molar-refractivity contribution < 1.29 is 9.26 Å². The lowest BCUT2D eigenvalue weighted by Gasteiger charge is -2.11. The summed E-state index contributed by atoms with van der Waals surface area (Å²) in [6.45, 7) is 0. The van der Waals surface area contributed by atoms with Crippen LogP contribution in [-0.2, 0) is 6.42 Å². The second-order valence-corrected chi connectivity index (χ2v) is 9.03. The van der Waals surface area contributed by atoms with Crippen molar-refractivity contribution in [1.82, 2.24) is 29.9 Å². The first-order chi connectivity index (χ1) is 16.3. The lowest BCUT2D eigenvalue weighted by atomic mass is 10.2. The van der Waals surface area contributed by atoms with Gasteiger partial charge in [0.15, 0.2) is 11.0 Å². The van der Waals surface area contributed by atoms with Crippen LogP contribution in [0.15, 0.2) is 76.0 Å². The van der Waals surface area contributed by atoms with Gasteiger partial charge in [-0.3, -0.25) is 9.55 Å². The Hall–Kier alpha value is -3.50. The molecular weight excluding hydrogens is 456 g/mol. The number of methoxy groups -OCH3 is 1. The van der Waals surface area contributed by atoms with E-state index in [2.05, 4.69) is 29.9 Å². The number of pyridine rings is 1. The van der Waals surface area contributed by atoms with Gasteiger partial charge in [-0.25, -0.2) is 0 Å². The Morgan fingerprint density at radius 3 is 2.67 bits per heavy atom. The number of thioether (sulfide) groups is 1. The number of thiophene rings is 1. The standard InChI is InChI=1S/C23H20N6O2S2/c1-30-18-8-6-17(7-9-18)29-22(16-10-12-24-13-11-16)26-27-23(29)33-15-3-5-20-25-21(28-31-20)19-4-2-14-32-19/h2,4,6-14H,3,5,15H2,1H3. The van der Waals surface area contributed by atoms with Crippen molar-refractivity contribution >= 4 is 23.1 Å². The maximum Gasteiger partial charge on any atom is 0.227 e. The summed E-state index contributed by atoms with van der Waals surface area (Å²) in [5.74, 6) is 3.69. The van der Waals surface area contributed by atoms with Crippen molar-refractivity contribution in [2.75, 3.05) is 12.9 Å². The minimum Gasteiger partial charge on any atom is -0.497 e. The maximum absolute atomic E-state index is 5.40. The average Bonchev–Trinajstić information content (AvgIpc) is 3.63. The smallest absolute Gasteiger partial charge is 0.227 e. The van der Waals surface area contributed by atoms with Crippen LogP contribution in [0.3, 0.4) is 0 Å². The molecule has 0 N–H and O–H groups in total. The summed E-state index contributed by atoms with van der Waals surface area (Å²) in [7, 11) is 1.66. The Morgan fingerprint density at radius 2 is 1.91 bits per heavy atom. The Kier molecular flexibility index (Phi) is 6.45. The van der Waals surface area contributed by atoms with Crippen LogP contribution in [-0.4, -0.2) is 42.8 Å². The van der Waals surface area contributed by atoms with Gasteiger partial charge in [0.25, 0.3) is 0 Å². The van der Waals surface area contributed by atoms with Gasteiger partial charge in [-0.15, -0.1) is 21.5 Å². The molecule has 0 atom stereocenters. The Bertz CT molecular complexity index is 1300. The third kappa shape index (κ3) is 4.81. The van der Waals surface area contributed by atoms with E-state index in [-0.39, 0.29) is 0 Å². The van der Waals surface area contributed by atoms with Gasteiger partial charge < -0.3 is 9.26 Å². The third-order valence-corrected chi connectivity index (χ3v) is 6.76. The molecule has 0 unspecified atom stereocenters. The molecule has 33 heavy (non-hydrogen) atoms. The number of ether oxygens (including phenoxy) is 1. The van der Waals surface area contributed by atoms with E-state index in [4.69, 9.17) is 9.26 Å². The van der Waals surface area contributed by atoms with Crippen molar-refractivity contribution in [2.45, 2.75) is 18.0 Å². The Labute approximate surface area is 198 Å². The highest BCUT2D eigenvalue weighted by molar-refractivity contribution is 7.99. The molecule has 0 saturated heterocycles. The van der Waals surface area contributed by atoms with E-state index in [0.29, 0.717) is 18.1 Å². The third-order valence-electron chi connectivity index (χ3n) is 4.88. The summed E-state index contributed by atoms with van der Waals surface area (Å²) in [5.41, 5.74) is 1.92. The molecule has 5 aromatic rings. The molecule has 1 aromatic carbocycles. The lowest BCUT2D eigenvalue weighted by molar-refractivity contribution is 0.378. The zero-order chi connectivity index (χ0) is 22.5. The number of aryl methyl sites for hydroxylation is 1. The molecule has 0 aliphatic rings. The molecule has 0 radical (unpaired) electrons. The summed E-state index contributed by atoms with van der Waals surface area (Å²) in [6.07, 6.45) is 5.09. The highest BCUT2D eigenvalue weighted by Crippen LogP contribution is 2.29. The predicted molar refractivity (Wildman–Crippen MR) is 128 cm³/mol. The summed E-state index contributed by atoms with van der Waals surface area (Å²) >= 11 is 3.24. The minimum absolute atomic E-state index is 0.646. The normalized spacial score (nSPS) is 11.1. The molecule has 166 valence electrons. The summed E-state index contributed by atoms with van der Waals surface area (Å²) in [6, 6.07) is 15.7. The first-order valence-corrected chi connectivity index (χ1v) is 12.2. The molecule has 0 amide bonds. The first kappa shape index (κ1) is 21.4. The van der Waals surface area contributed by atoms with E-state index in [9.17, 15) is 0 Å². The van der Waals surface area contributed by atoms with E-state index in [1.54, 1.807) is 42.6 Å². The lowest BCUT2D eigenvalue weighted by Crippen LogP contribution is -2.00. The van der Waals surface area contributed by atoms with Gasteiger partial charge in [-0.05, 0) is 54.3 Å². The number of benzene rings is 1. The molecule has 0 saturated carbocycles. The average molecular weight is 477 g/mol. The van der Waals surface area contributed by atoms with E-state index in [1.807, 2.05) is 53.9 Å². The SMILES string of the molecule is COc1ccc(-n2c(SCCCc3nc(-c4cccs4)no3)nnc2-c2ccncc2)cc1. The monoisotopic (exact) mass is 476 g/mol. The van der Waals surface area contributed by atoms with Crippen LogP contribution in [0.1, 0.15) is 12.3 Å². The van der Waals surface area contributed by atoms with Gasteiger partial charge in [0.1, 0.15) is 5.75 Å². The summed E-state index contributed by atoms with van der Waals surface area (Å²) in [4.78, 5) is 9.62. The highest BCUT2D eigenvalue weighted by Gasteiger charge is 2.17. The molecular formula is C23H20N6O2S2. The quantitative estimate of drug-likeness (QED) is 0.212. The summed E-state index contributed by atoms with van der Waals surface area (Å²) < 4.78 is 12.8. The second-order valence-electron chi connectivity index (χ2n) is 7.02. The molecule has 0 fully saturated rings. The van der Waals surface area contributed by atoms with Gasteiger partial charge >= 0.3 is 0 Å². The van der Waals surface area contributed by atoms with Crippen LogP contribution >= 0.6 is 23.1 Å². The highest BCUT2D eigenvalue weighted by atomic mass is 32.2. The predicted octanol–water partition coefficient (Wildman–Crippen LogP) is 5.17. The fourth-order valence-electron chi connectivity index (χ4n) is 3.26. The van der Waals surface area contributed by atoms with E-state index in [0.717, 1.165) is 45.0 Å². The van der Waals surface area contributed by atoms with Crippen LogP contribution in [0, 0.1) is 0 Å². The van der Waals surface area contributed by atoms with E-state index < -0.39 is 0 Å². The molecule has 0 aliphatic carbocycles. The first-order valence-electron chi connectivity index (χ1n) is 10.3. The largest absolute Gasteiger partial charge is 0.497 e. The van der Waals surface area contributed by atoms with Gasteiger partial charge in [0, 0.05) is 35.8 Å². The molecule has 4 heterocycles. The van der Waals surface area contributed by atoms with Crippen LogP contribution in [0.2, 0.25) is 0 Å². The van der Waals surface area contributed by atoms with Crippen molar-refractivity contribution in [3.8, 4) is 33.5 Å². The van der Waals surface area contributed by atoms with Crippen molar-refractivity contribution in [1.29, 1.82) is 0 Å². The number of nitrogens with zero attached hydrogens (tertiary/aromatic N) is 6. The molecule has 4 aromatic heterocycles. The van der Waals surface area contributed by atoms with Gasteiger partial charge in [-0.1, -0.05) is 23.0 Å². The van der Waals surface area contributed by atoms with Crippen LogP contribution in [0.5, 0.6) is 5.75 Å². The molecule has 0 spiro atoms. The van der Waals surface area contributed by atoms with Crippen LogP contribution < -0.4 is 4.74 Å². The molecule has 10 heteroatoms. The van der Waals surface area contributed by atoms with Gasteiger partial charge in [-0.2, -0.15) is 4.98 Å². The summed E-state index contributed by atoms with van der Waals surface area (Å²) in [5, 5.41) is 15.8. The fourth-order valence-corrected chi connectivity index (χ4v) is 4.80. The van der Waals surface area contributed by atoms with Crippen molar-refractivity contribution in [3.63, 3.8) is 0 Å². The van der Waals surface area contributed by atoms with E-state index in [1.165, 1.54) is 0 Å². The number of aromatic nitrogens is 6. The number of hydrogen-bond donors (Lipinski definition) is 0. The molecule has 8 nitrogen and oxygen atoms in total. The number of hydrogen-bond acceptors (Lipinski definition) is 9. The van der Waals surface area contributed by atoms with Gasteiger partial charge in [0.2, 0.25) is 11.7 Å². The zero-order valence-corrected chi connectivity index (χ0v) is 19.4. The van der Waals surface area contributed by atoms with Gasteiger partial charge in [0.05, 0.1) is 12.0 Å². The molecule has 5 rings (SSSR count). The van der Waals surface area contributed by atoms with E-state index >= 15 is 0 Å². The van der Waals surface area contributed by atoms with Crippen LogP contribution in [0.4, 0.5) is 0 Å². The fraction of sp³-hybridized carbons (Fsp3) is 0.174. The second kappa shape index (κ2) is 9.97. The topological polar surface area (TPSA) is 91.8 Å². The molecule has 0 aliphatic heterocycles.